The second kappa shape index (κ2) is 8.73. The lowest BCUT2D eigenvalue weighted by molar-refractivity contribution is -0.136. The van der Waals surface area contributed by atoms with E-state index in [-0.39, 0.29) is 23.5 Å². The second-order valence-corrected chi connectivity index (χ2v) is 8.50. The van der Waals surface area contributed by atoms with Crippen LogP contribution in [0.5, 0.6) is 0 Å². The lowest BCUT2D eigenvalue weighted by atomic mass is 9.87. The molecule has 0 saturated carbocycles. The van der Waals surface area contributed by atoms with Crippen LogP contribution >= 0.6 is 11.6 Å². The summed E-state index contributed by atoms with van der Waals surface area (Å²) in [5.74, 6) is -0.0399. The van der Waals surface area contributed by atoms with Gasteiger partial charge in [-0.25, -0.2) is 0 Å². The third-order valence-corrected chi connectivity index (χ3v) is 6.36. The summed E-state index contributed by atoms with van der Waals surface area (Å²) in [6, 6.07) is 5.39. The Morgan fingerprint density at radius 1 is 1.33 bits per heavy atom. The zero-order valence-electron chi connectivity index (χ0n) is 17.0. The molecule has 1 atom stereocenters. The zero-order chi connectivity index (χ0) is 21.1. The van der Waals surface area contributed by atoms with Gasteiger partial charge in [0.15, 0.2) is 0 Å². The number of hydrogen-bond donors (Lipinski definition) is 1. The number of ether oxygens (including phenoxy) is 1. The summed E-state index contributed by atoms with van der Waals surface area (Å²) in [4.78, 5) is 27.1. The highest BCUT2D eigenvalue weighted by molar-refractivity contribution is 6.34. The number of nitrogens with one attached hydrogen (secondary N) is 1. The third-order valence-electron chi connectivity index (χ3n) is 6.05. The summed E-state index contributed by atoms with van der Waals surface area (Å²) in [5.41, 5.74) is 1.11. The van der Waals surface area contributed by atoms with Crippen molar-refractivity contribution in [2.45, 2.75) is 50.8 Å². The van der Waals surface area contributed by atoms with E-state index in [2.05, 4.69) is 15.6 Å². The Kier molecular flexibility index (Phi) is 6.06. The number of benzene rings is 1. The molecule has 9 heteroatoms. The fourth-order valence-corrected chi connectivity index (χ4v) is 4.65. The molecule has 0 aliphatic carbocycles. The molecular weight excluding hydrogens is 406 g/mol. The van der Waals surface area contributed by atoms with Crippen LogP contribution < -0.4 is 5.32 Å². The molecule has 0 bridgehead atoms. The first kappa shape index (κ1) is 20.8. The standard InChI is InChI=1S/C21H26ClN5O3/c1-15-3-2-4-17(22)19(15)20(29)24-16-13-21(30-14-16)6-10-26(11-7-21)18(28)5-9-27-12-8-23-25-27/h2-4,8,12,16H,5-7,9-11,13-14H2,1H3,(H,24,29). The molecule has 1 aromatic carbocycles. The molecule has 2 aliphatic rings. The quantitative estimate of drug-likeness (QED) is 0.784. The molecule has 2 aromatic rings. The van der Waals surface area contributed by atoms with Gasteiger partial charge >= 0.3 is 0 Å². The fourth-order valence-electron chi connectivity index (χ4n) is 4.35. The molecule has 2 saturated heterocycles. The minimum absolute atomic E-state index is 0.0530. The van der Waals surface area contributed by atoms with Crippen molar-refractivity contribution < 1.29 is 14.3 Å². The molecule has 1 aromatic heterocycles. The van der Waals surface area contributed by atoms with Gasteiger partial charge in [0.25, 0.3) is 5.91 Å². The molecule has 160 valence electrons. The number of aromatic nitrogens is 3. The number of nitrogens with zero attached hydrogens (tertiary/aromatic N) is 4. The summed E-state index contributed by atoms with van der Waals surface area (Å²) in [5, 5.41) is 11.2. The molecule has 2 fully saturated rings. The van der Waals surface area contributed by atoms with Crippen molar-refractivity contribution in [1.82, 2.24) is 25.2 Å². The predicted molar refractivity (Wildman–Crippen MR) is 111 cm³/mol. The Morgan fingerprint density at radius 3 is 2.83 bits per heavy atom. The van der Waals surface area contributed by atoms with E-state index in [0.29, 0.717) is 43.2 Å². The monoisotopic (exact) mass is 431 g/mol. The number of aryl methyl sites for hydroxylation is 2. The van der Waals surface area contributed by atoms with E-state index in [4.69, 9.17) is 16.3 Å². The normalized spacial score (nSPS) is 20.5. The van der Waals surface area contributed by atoms with Crippen molar-refractivity contribution >= 4 is 23.4 Å². The molecule has 2 amide bonds. The van der Waals surface area contributed by atoms with Crippen LogP contribution in [0.25, 0.3) is 0 Å². The first-order chi connectivity index (χ1) is 14.5. The molecule has 1 N–H and O–H groups in total. The van der Waals surface area contributed by atoms with Crippen molar-refractivity contribution in [3.05, 3.63) is 46.7 Å². The van der Waals surface area contributed by atoms with Gasteiger partial charge in [-0.3, -0.25) is 14.3 Å². The number of rotatable bonds is 5. The van der Waals surface area contributed by atoms with Gasteiger partial charge in [0.05, 0.1) is 41.6 Å². The molecule has 0 radical (unpaired) electrons. The van der Waals surface area contributed by atoms with E-state index >= 15 is 0 Å². The van der Waals surface area contributed by atoms with Crippen LogP contribution in [-0.2, 0) is 16.1 Å². The maximum absolute atomic E-state index is 12.7. The minimum atomic E-state index is -0.268. The first-order valence-corrected chi connectivity index (χ1v) is 10.7. The van der Waals surface area contributed by atoms with Gasteiger partial charge < -0.3 is 15.0 Å². The molecule has 8 nitrogen and oxygen atoms in total. The maximum Gasteiger partial charge on any atom is 0.253 e. The average Bonchev–Trinajstić information content (AvgIpc) is 3.37. The van der Waals surface area contributed by atoms with Crippen LogP contribution in [-0.4, -0.2) is 63.0 Å². The van der Waals surface area contributed by atoms with Gasteiger partial charge in [0.2, 0.25) is 5.91 Å². The summed E-state index contributed by atoms with van der Waals surface area (Å²) in [7, 11) is 0. The first-order valence-electron chi connectivity index (χ1n) is 10.3. The molecule has 4 rings (SSSR count). The highest BCUT2D eigenvalue weighted by Crippen LogP contribution is 2.36. The Morgan fingerprint density at radius 2 is 2.13 bits per heavy atom. The molecule has 3 heterocycles. The number of hydrogen-bond acceptors (Lipinski definition) is 5. The van der Waals surface area contributed by atoms with Crippen LogP contribution in [0.4, 0.5) is 0 Å². The van der Waals surface area contributed by atoms with Gasteiger partial charge in [-0.2, -0.15) is 0 Å². The molecule has 1 unspecified atom stereocenters. The van der Waals surface area contributed by atoms with E-state index in [1.807, 2.05) is 24.0 Å². The Balaban J connectivity index is 1.27. The number of amides is 2. The number of carbonyl (C=O) groups is 2. The van der Waals surface area contributed by atoms with Gasteiger partial charge in [-0.1, -0.05) is 28.9 Å². The second-order valence-electron chi connectivity index (χ2n) is 8.10. The number of halogens is 1. The third kappa shape index (κ3) is 4.49. The van der Waals surface area contributed by atoms with E-state index in [1.165, 1.54) is 0 Å². The topological polar surface area (TPSA) is 89.4 Å². The van der Waals surface area contributed by atoms with Crippen LogP contribution in [0, 0.1) is 6.92 Å². The van der Waals surface area contributed by atoms with Crippen LogP contribution in [0.15, 0.2) is 30.6 Å². The maximum atomic E-state index is 12.7. The van der Waals surface area contributed by atoms with E-state index in [9.17, 15) is 9.59 Å². The Bertz CT molecular complexity index is 889. The van der Waals surface area contributed by atoms with Crippen molar-refractivity contribution in [2.75, 3.05) is 19.7 Å². The van der Waals surface area contributed by atoms with Crippen molar-refractivity contribution in [1.29, 1.82) is 0 Å². The van der Waals surface area contributed by atoms with E-state index in [1.54, 1.807) is 23.1 Å². The van der Waals surface area contributed by atoms with Crippen LogP contribution in [0.2, 0.25) is 5.02 Å². The highest BCUT2D eigenvalue weighted by Gasteiger charge is 2.43. The smallest absolute Gasteiger partial charge is 0.253 e. The van der Waals surface area contributed by atoms with Gasteiger partial charge in [0, 0.05) is 25.7 Å². The predicted octanol–water partition coefficient (Wildman–Crippen LogP) is 2.21. The van der Waals surface area contributed by atoms with Crippen molar-refractivity contribution in [2.24, 2.45) is 0 Å². The number of carbonyl (C=O) groups excluding carboxylic acids is 2. The largest absolute Gasteiger partial charge is 0.373 e. The fraction of sp³-hybridized carbons (Fsp3) is 0.524. The lowest BCUT2D eigenvalue weighted by Gasteiger charge is -2.38. The van der Waals surface area contributed by atoms with Crippen LogP contribution in [0.3, 0.4) is 0 Å². The molecule has 2 aliphatic heterocycles. The summed E-state index contributed by atoms with van der Waals surface area (Å²) in [6.45, 7) is 4.23. The van der Waals surface area contributed by atoms with Gasteiger partial charge in [-0.05, 0) is 37.8 Å². The average molecular weight is 432 g/mol. The van der Waals surface area contributed by atoms with E-state index < -0.39 is 0 Å². The minimum Gasteiger partial charge on any atom is -0.373 e. The van der Waals surface area contributed by atoms with Gasteiger partial charge in [-0.15, -0.1) is 5.10 Å². The number of piperidine rings is 1. The summed E-state index contributed by atoms with van der Waals surface area (Å²) >= 11 is 6.22. The SMILES string of the molecule is Cc1cccc(Cl)c1C(=O)NC1COC2(CCN(C(=O)CCn3ccnn3)CC2)C1. The van der Waals surface area contributed by atoms with Gasteiger partial charge in [0.1, 0.15) is 0 Å². The zero-order valence-corrected chi connectivity index (χ0v) is 17.8. The Hall–Kier alpha value is -2.45. The molecule has 30 heavy (non-hydrogen) atoms. The van der Waals surface area contributed by atoms with Crippen molar-refractivity contribution in [3.63, 3.8) is 0 Å². The summed E-state index contributed by atoms with van der Waals surface area (Å²) < 4.78 is 7.79. The van der Waals surface area contributed by atoms with Crippen molar-refractivity contribution in [3.8, 4) is 0 Å². The Labute approximate surface area is 180 Å². The highest BCUT2D eigenvalue weighted by atomic mass is 35.5. The van der Waals surface area contributed by atoms with E-state index in [0.717, 1.165) is 24.8 Å². The number of likely N-dealkylation sites (tertiary alicyclic amines) is 1. The molecular formula is C21H26ClN5O3. The summed E-state index contributed by atoms with van der Waals surface area (Å²) in [6.07, 6.45) is 6.08. The van der Waals surface area contributed by atoms with Crippen LogP contribution in [0.1, 0.15) is 41.6 Å². The lowest BCUT2D eigenvalue weighted by Crippen LogP contribution is -2.47. The molecule has 1 spiro atoms.